The predicted octanol–water partition coefficient (Wildman–Crippen LogP) is 4.05. The Morgan fingerprint density at radius 3 is 2.76 bits per heavy atom. The van der Waals surface area contributed by atoms with Crippen LogP contribution < -0.4 is 5.32 Å². The molecular formula is C14H11FN2. The van der Waals surface area contributed by atoms with E-state index in [1.165, 1.54) is 6.07 Å². The van der Waals surface area contributed by atoms with Gasteiger partial charge in [0.2, 0.25) is 0 Å². The maximum absolute atomic E-state index is 13.5. The van der Waals surface area contributed by atoms with Gasteiger partial charge < -0.3 is 10.3 Å². The number of benzene rings is 2. The van der Waals surface area contributed by atoms with E-state index >= 15 is 0 Å². The molecule has 2 nitrogen and oxygen atoms in total. The van der Waals surface area contributed by atoms with Crippen LogP contribution in [0.15, 0.2) is 54.7 Å². The van der Waals surface area contributed by atoms with Crippen molar-refractivity contribution in [3.8, 4) is 0 Å². The Balaban J connectivity index is 1.97. The summed E-state index contributed by atoms with van der Waals surface area (Å²) in [6.07, 6.45) is 1.89. The summed E-state index contributed by atoms with van der Waals surface area (Å²) in [5, 5.41) is 4.17. The third kappa shape index (κ3) is 1.87. The van der Waals surface area contributed by atoms with Crippen molar-refractivity contribution in [2.45, 2.75) is 0 Å². The molecule has 17 heavy (non-hydrogen) atoms. The molecule has 2 N–H and O–H groups in total. The molecule has 0 saturated carbocycles. The van der Waals surface area contributed by atoms with Crippen molar-refractivity contribution < 1.29 is 4.39 Å². The fourth-order valence-electron chi connectivity index (χ4n) is 1.85. The Bertz CT molecular complexity index is 658. The number of nitrogens with one attached hydrogen (secondary N) is 2. The van der Waals surface area contributed by atoms with Crippen molar-refractivity contribution >= 4 is 22.3 Å². The smallest absolute Gasteiger partial charge is 0.146 e. The summed E-state index contributed by atoms with van der Waals surface area (Å²) in [4.78, 5) is 3.12. The Morgan fingerprint density at radius 2 is 1.88 bits per heavy atom. The predicted molar refractivity (Wildman–Crippen MR) is 68.0 cm³/mol. The first-order valence-electron chi connectivity index (χ1n) is 5.42. The summed E-state index contributed by atoms with van der Waals surface area (Å²) < 4.78 is 13.5. The maximum Gasteiger partial charge on any atom is 0.146 e. The summed E-state index contributed by atoms with van der Waals surface area (Å²) >= 11 is 0. The first kappa shape index (κ1) is 9.90. The molecule has 0 saturated heterocycles. The number of hydrogen-bond donors (Lipinski definition) is 2. The van der Waals surface area contributed by atoms with E-state index in [0.717, 1.165) is 16.6 Å². The van der Waals surface area contributed by atoms with E-state index in [4.69, 9.17) is 0 Å². The molecule has 3 aromatic rings. The monoisotopic (exact) mass is 226 g/mol. The lowest BCUT2D eigenvalue weighted by Crippen LogP contribution is -1.92. The average molecular weight is 226 g/mol. The van der Waals surface area contributed by atoms with E-state index in [1.54, 1.807) is 18.2 Å². The zero-order valence-corrected chi connectivity index (χ0v) is 9.07. The van der Waals surface area contributed by atoms with Crippen molar-refractivity contribution in [2.24, 2.45) is 0 Å². The van der Waals surface area contributed by atoms with Crippen LogP contribution in [0.5, 0.6) is 0 Å². The van der Waals surface area contributed by atoms with Crippen LogP contribution in [0.25, 0.3) is 10.9 Å². The number of fused-ring (bicyclic) bond motifs is 1. The Labute approximate surface area is 98.1 Å². The highest BCUT2D eigenvalue weighted by atomic mass is 19.1. The first-order chi connectivity index (χ1) is 8.33. The molecular weight excluding hydrogens is 215 g/mol. The number of hydrogen-bond acceptors (Lipinski definition) is 1. The Morgan fingerprint density at radius 1 is 1.00 bits per heavy atom. The minimum atomic E-state index is -0.248. The van der Waals surface area contributed by atoms with E-state index in [2.05, 4.69) is 10.3 Å². The van der Waals surface area contributed by atoms with E-state index in [-0.39, 0.29) is 5.82 Å². The first-order valence-corrected chi connectivity index (χ1v) is 5.42. The van der Waals surface area contributed by atoms with Crippen molar-refractivity contribution in [1.82, 2.24) is 4.98 Å². The van der Waals surface area contributed by atoms with Gasteiger partial charge in [-0.05, 0) is 36.4 Å². The molecule has 0 radical (unpaired) electrons. The van der Waals surface area contributed by atoms with Gasteiger partial charge in [-0.1, -0.05) is 12.1 Å². The quantitative estimate of drug-likeness (QED) is 0.677. The van der Waals surface area contributed by atoms with Gasteiger partial charge in [0.15, 0.2) is 0 Å². The second-order valence-corrected chi connectivity index (χ2v) is 3.88. The van der Waals surface area contributed by atoms with E-state index in [0.29, 0.717) is 5.69 Å². The van der Waals surface area contributed by atoms with Gasteiger partial charge in [0.1, 0.15) is 5.82 Å². The van der Waals surface area contributed by atoms with Crippen LogP contribution in [0.4, 0.5) is 15.8 Å². The van der Waals surface area contributed by atoms with Gasteiger partial charge in [-0.15, -0.1) is 0 Å². The highest BCUT2D eigenvalue weighted by molar-refractivity contribution is 5.84. The number of anilines is 2. The molecule has 84 valence electrons. The summed E-state index contributed by atoms with van der Waals surface area (Å²) in [6, 6.07) is 14.5. The molecule has 1 aromatic heterocycles. The highest BCUT2D eigenvalue weighted by Gasteiger charge is 2.01. The molecule has 3 rings (SSSR count). The standard InChI is InChI=1S/C14H11FN2/c15-12-3-1-2-4-14(12)17-11-5-6-13-10(9-11)7-8-16-13/h1-9,16-17H. The molecule has 0 atom stereocenters. The SMILES string of the molecule is Fc1ccccc1Nc1ccc2[nH]ccc2c1. The normalized spacial score (nSPS) is 10.6. The van der Waals surface area contributed by atoms with Crippen LogP contribution in [0.1, 0.15) is 0 Å². The van der Waals surface area contributed by atoms with Crippen LogP contribution in [-0.4, -0.2) is 4.98 Å². The maximum atomic E-state index is 13.5. The lowest BCUT2D eigenvalue weighted by atomic mass is 10.2. The zero-order valence-electron chi connectivity index (χ0n) is 9.07. The summed E-state index contributed by atoms with van der Waals surface area (Å²) in [6.45, 7) is 0. The number of aromatic amines is 1. The Kier molecular flexibility index (Phi) is 2.29. The fraction of sp³-hybridized carbons (Fsp3) is 0. The minimum Gasteiger partial charge on any atom is -0.361 e. The van der Waals surface area contributed by atoms with E-state index in [9.17, 15) is 4.39 Å². The van der Waals surface area contributed by atoms with Gasteiger partial charge in [0, 0.05) is 22.8 Å². The third-order valence-corrected chi connectivity index (χ3v) is 2.71. The van der Waals surface area contributed by atoms with E-state index < -0.39 is 0 Å². The molecule has 0 spiro atoms. The molecule has 1 heterocycles. The van der Waals surface area contributed by atoms with Crippen LogP contribution >= 0.6 is 0 Å². The molecule has 0 aliphatic rings. The average Bonchev–Trinajstić information content (AvgIpc) is 2.79. The summed E-state index contributed by atoms with van der Waals surface area (Å²) in [5.74, 6) is -0.248. The van der Waals surface area contributed by atoms with Gasteiger partial charge in [0.25, 0.3) is 0 Å². The van der Waals surface area contributed by atoms with Crippen molar-refractivity contribution in [3.63, 3.8) is 0 Å². The van der Waals surface area contributed by atoms with Gasteiger partial charge >= 0.3 is 0 Å². The topological polar surface area (TPSA) is 27.8 Å². The summed E-state index contributed by atoms with van der Waals surface area (Å²) in [5.41, 5.74) is 2.44. The third-order valence-electron chi connectivity index (χ3n) is 2.71. The molecule has 0 fully saturated rings. The Hall–Kier alpha value is -2.29. The molecule has 0 unspecified atom stereocenters. The molecule has 0 aliphatic carbocycles. The van der Waals surface area contributed by atoms with Crippen LogP contribution in [0.2, 0.25) is 0 Å². The van der Waals surface area contributed by atoms with Crippen molar-refractivity contribution in [1.29, 1.82) is 0 Å². The molecule has 2 aromatic carbocycles. The van der Waals surface area contributed by atoms with Gasteiger partial charge in [-0.3, -0.25) is 0 Å². The number of halogens is 1. The number of rotatable bonds is 2. The second kappa shape index (κ2) is 3.94. The van der Waals surface area contributed by atoms with Crippen LogP contribution in [0.3, 0.4) is 0 Å². The number of para-hydroxylation sites is 1. The largest absolute Gasteiger partial charge is 0.361 e. The van der Waals surface area contributed by atoms with Crippen LogP contribution in [-0.2, 0) is 0 Å². The molecule has 3 heteroatoms. The molecule has 0 amide bonds. The number of H-pyrrole nitrogens is 1. The van der Waals surface area contributed by atoms with Gasteiger partial charge in [-0.2, -0.15) is 0 Å². The summed E-state index contributed by atoms with van der Waals surface area (Å²) in [7, 11) is 0. The molecule has 0 aliphatic heterocycles. The molecule has 0 bridgehead atoms. The van der Waals surface area contributed by atoms with Gasteiger partial charge in [0.05, 0.1) is 5.69 Å². The highest BCUT2D eigenvalue weighted by Crippen LogP contribution is 2.23. The lowest BCUT2D eigenvalue weighted by Gasteiger charge is -2.07. The number of aromatic nitrogens is 1. The minimum absolute atomic E-state index is 0.248. The van der Waals surface area contributed by atoms with Crippen molar-refractivity contribution in [3.05, 3.63) is 60.5 Å². The fourth-order valence-corrected chi connectivity index (χ4v) is 1.85. The van der Waals surface area contributed by atoms with Crippen molar-refractivity contribution in [2.75, 3.05) is 5.32 Å². The zero-order chi connectivity index (χ0) is 11.7. The van der Waals surface area contributed by atoms with Crippen LogP contribution in [0, 0.1) is 5.82 Å². The lowest BCUT2D eigenvalue weighted by molar-refractivity contribution is 0.632. The van der Waals surface area contributed by atoms with Gasteiger partial charge in [-0.25, -0.2) is 4.39 Å². The second-order valence-electron chi connectivity index (χ2n) is 3.88. The van der Waals surface area contributed by atoms with E-state index in [1.807, 2.05) is 30.5 Å².